The van der Waals surface area contributed by atoms with Crippen molar-refractivity contribution >= 4 is 17.5 Å². The van der Waals surface area contributed by atoms with Gasteiger partial charge in [-0.3, -0.25) is 19.4 Å². The highest BCUT2D eigenvalue weighted by Gasteiger charge is 2.33. The number of hydrogen-bond donors (Lipinski definition) is 3. The Morgan fingerprint density at radius 2 is 1.74 bits per heavy atom. The molecule has 2 heterocycles. The second-order valence-corrected chi connectivity index (χ2v) is 10.1. The summed E-state index contributed by atoms with van der Waals surface area (Å²) in [5, 5.41) is 17.6. The standard InChI is InChI=1S/C27H36N6O2/c1-16(2)33-23(14-15-28-33)26(34)30-25(21-8-6-17(3)7-9-21)27(35)29-22-12-10-20(11-13-22)24-18(4)31-32-19(24)5/h10-17,21,25H,6-9H2,1-5H3,(H,29,35)(H,30,34)(H,31,32). The van der Waals surface area contributed by atoms with Crippen molar-refractivity contribution < 1.29 is 9.59 Å². The van der Waals surface area contributed by atoms with Crippen LogP contribution in [0, 0.1) is 25.7 Å². The minimum Gasteiger partial charge on any atom is -0.339 e. The molecule has 3 N–H and O–H groups in total. The third kappa shape index (κ3) is 5.47. The largest absolute Gasteiger partial charge is 0.339 e. The molecular weight excluding hydrogens is 440 g/mol. The Morgan fingerprint density at radius 1 is 1.06 bits per heavy atom. The van der Waals surface area contributed by atoms with Crippen molar-refractivity contribution in [3.8, 4) is 11.1 Å². The van der Waals surface area contributed by atoms with Crippen LogP contribution in [-0.2, 0) is 4.79 Å². The zero-order valence-electron chi connectivity index (χ0n) is 21.3. The van der Waals surface area contributed by atoms with Crippen molar-refractivity contribution in [2.45, 2.75) is 72.4 Å². The summed E-state index contributed by atoms with van der Waals surface area (Å²) in [4.78, 5) is 26.7. The number of carbonyl (C=O) groups excluding carboxylic acids is 2. The summed E-state index contributed by atoms with van der Waals surface area (Å²) in [5.41, 5.74) is 5.24. The van der Waals surface area contributed by atoms with E-state index in [2.05, 4.69) is 32.9 Å². The first-order chi connectivity index (χ1) is 16.7. The molecule has 3 aromatic rings. The molecule has 8 heteroatoms. The Hall–Kier alpha value is -3.42. The molecule has 0 radical (unpaired) electrons. The van der Waals surface area contributed by atoms with E-state index in [9.17, 15) is 9.59 Å². The third-order valence-electron chi connectivity index (χ3n) is 7.06. The van der Waals surface area contributed by atoms with Gasteiger partial charge in [0.15, 0.2) is 0 Å². The first-order valence-corrected chi connectivity index (χ1v) is 12.5. The van der Waals surface area contributed by atoms with E-state index in [1.165, 1.54) is 0 Å². The second-order valence-electron chi connectivity index (χ2n) is 10.1. The minimum atomic E-state index is -0.608. The van der Waals surface area contributed by atoms with Crippen LogP contribution in [0.4, 0.5) is 5.69 Å². The van der Waals surface area contributed by atoms with Crippen molar-refractivity contribution in [2.24, 2.45) is 11.8 Å². The van der Waals surface area contributed by atoms with E-state index in [4.69, 9.17) is 0 Å². The van der Waals surface area contributed by atoms with Gasteiger partial charge in [-0.2, -0.15) is 10.2 Å². The van der Waals surface area contributed by atoms with E-state index < -0.39 is 6.04 Å². The van der Waals surface area contributed by atoms with Gasteiger partial charge in [-0.1, -0.05) is 31.9 Å². The van der Waals surface area contributed by atoms with Crippen molar-refractivity contribution in [1.29, 1.82) is 0 Å². The molecule has 0 aliphatic heterocycles. The number of benzene rings is 1. The topological polar surface area (TPSA) is 105 Å². The van der Waals surface area contributed by atoms with Gasteiger partial charge in [0.1, 0.15) is 11.7 Å². The smallest absolute Gasteiger partial charge is 0.270 e. The molecule has 0 bridgehead atoms. The number of nitrogens with zero attached hydrogens (tertiary/aromatic N) is 3. The molecule has 8 nitrogen and oxygen atoms in total. The van der Waals surface area contributed by atoms with Crippen LogP contribution in [0.15, 0.2) is 36.5 Å². The van der Waals surface area contributed by atoms with Gasteiger partial charge in [0.05, 0.1) is 5.69 Å². The first-order valence-electron chi connectivity index (χ1n) is 12.5. The molecule has 2 amide bonds. The number of nitrogens with one attached hydrogen (secondary N) is 3. The van der Waals surface area contributed by atoms with Crippen molar-refractivity contribution in [1.82, 2.24) is 25.3 Å². The SMILES string of the molecule is Cc1n[nH]c(C)c1-c1ccc(NC(=O)C(NC(=O)c2ccnn2C(C)C)C2CCC(C)CC2)cc1. The Balaban J connectivity index is 1.52. The quantitative estimate of drug-likeness (QED) is 0.444. The van der Waals surface area contributed by atoms with E-state index in [1.54, 1.807) is 16.9 Å². The number of H-pyrrole nitrogens is 1. The number of anilines is 1. The van der Waals surface area contributed by atoms with Crippen LogP contribution in [0.1, 0.15) is 74.4 Å². The molecule has 35 heavy (non-hydrogen) atoms. The van der Waals surface area contributed by atoms with Crippen LogP contribution >= 0.6 is 0 Å². The normalized spacial score (nSPS) is 18.9. The van der Waals surface area contributed by atoms with Crippen molar-refractivity contribution in [2.75, 3.05) is 5.32 Å². The highest BCUT2D eigenvalue weighted by atomic mass is 16.2. The van der Waals surface area contributed by atoms with Gasteiger partial charge >= 0.3 is 0 Å². The van der Waals surface area contributed by atoms with Crippen LogP contribution in [0.2, 0.25) is 0 Å². The fourth-order valence-electron chi connectivity index (χ4n) is 5.05. The van der Waals surface area contributed by atoms with Crippen molar-refractivity contribution in [3.63, 3.8) is 0 Å². The van der Waals surface area contributed by atoms with E-state index in [0.29, 0.717) is 17.3 Å². The minimum absolute atomic E-state index is 0.0505. The Morgan fingerprint density at radius 3 is 2.34 bits per heavy atom. The van der Waals surface area contributed by atoms with Crippen LogP contribution in [0.5, 0.6) is 0 Å². The number of amides is 2. The van der Waals surface area contributed by atoms with Gasteiger partial charge in [-0.25, -0.2) is 0 Å². The third-order valence-corrected chi connectivity index (χ3v) is 7.06. The maximum Gasteiger partial charge on any atom is 0.270 e. The van der Waals surface area contributed by atoms with E-state index >= 15 is 0 Å². The maximum absolute atomic E-state index is 13.5. The first kappa shape index (κ1) is 24.7. The monoisotopic (exact) mass is 476 g/mol. The zero-order chi connectivity index (χ0) is 25.1. The zero-order valence-corrected chi connectivity index (χ0v) is 21.3. The average molecular weight is 477 g/mol. The molecule has 1 unspecified atom stereocenters. The molecular formula is C27H36N6O2. The summed E-state index contributed by atoms with van der Waals surface area (Å²) >= 11 is 0. The number of aromatic nitrogens is 4. The number of aryl methyl sites for hydroxylation is 2. The van der Waals surface area contributed by atoms with Gasteiger partial charge in [0, 0.05) is 29.2 Å². The molecule has 1 aliphatic carbocycles. The van der Waals surface area contributed by atoms with Crippen LogP contribution in [0.25, 0.3) is 11.1 Å². The summed E-state index contributed by atoms with van der Waals surface area (Å²) in [6, 6.07) is 8.91. The highest BCUT2D eigenvalue weighted by molar-refractivity contribution is 6.00. The molecule has 1 fully saturated rings. The summed E-state index contributed by atoms with van der Waals surface area (Å²) < 4.78 is 1.69. The van der Waals surface area contributed by atoms with E-state index in [-0.39, 0.29) is 23.8 Å². The molecule has 4 rings (SSSR count). The molecule has 186 valence electrons. The van der Waals surface area contributed by atoms with Gasteiger partial charge in [0.2, 0.25) is 5.91 Å². The lowest BCUT2D eigenvalue weighted by atomic mass is 9.79. The van der Waals surface area contributed by atoms with Crippen LogP contribution in [0.3, 0.4) is 0 Å². The molecule has 2 aromatic heterocycles. The lowest BCUT2D eigenvalue weighted by Gasteiger charge is -2.32. The summed E-state index contributed by atoms with van der Waals surface area (Å²) in [7, 11) is 0. The lowest BCUT2D eigenvalue weighted by Crippen LogP contribution is -2.49. The Labute approximate surface area is 206 Å². The van der Waals surface area contributed by atoms with E-state index in [0.717, 1.165) is 48.2 Å². The second kappa shape index (κ2) is 10.5. The molecule has 1 atom stereocenters. The number of aromatic amines is 1. The molecule has 1 saturated carbocycles. The molecule has 1 aromatic carbocycles. The van der Waals surface area contributed by atoms with E-state index in [1.807, 2.05) is 52.0 Å². The van der Waals surface area contributed by atoms with Gasteiger partial charge in [0.25, 0.3) is 5.91 Å². The molecule has 0 saturated heterocycles. The molecule has 1 aliphatic rings. The summed E-state index contributed by atoms with van der Waals surface area (Å²) in [6.07, 6.45) is 5.58. The fourth-order valence-corrected chi connectivity index (χ4v) is 5.05. The highest BCUT2D eigenvalue weighted by Crippen LogP contribution is 2.32. The Kier molecular flexibility index (Phi) is 7.38. The summed E-state index contributed by atoms with van der Waals surface area (Å²) in [5.74, 6) is 0.296. The van der Waals surface area contributed by atoms with Gasteiger partial charge in [-0.05, 0) is 76.1 Å². The fraction of sp³-hybridized carbons (Fsp3) is 0.481. The summed E-state index contributed by atoms with van der Waals surface area (Å²) in [6.45, 7) is 10.2. The van der Waals surface area contributed by atoms with Crippen LogP contribution in [-0.4, -0.2) is 37.8 Å². The molecule has 0 spiro atoms. The predicted octanol–water partition coefficient (Wildman–Crippen LogP) is 5.03. The number of rotatable bonds is 7. The van der Waals surface area contributed by atoms with Gasteiger partial charge in [-0.15, -0.1) is 0 Å². The van der Waals surface area contributed by atoms with Crippen LogP contribution < -0.4 is 10.6 Å². The average Bonchev–Trinajstić information content (AvgIpc) is 3.45. The number of hydrogen-bond acceptors (Lipinski definition) is 4. The predicted molar refractivity (Wildman–Crippen MR) is 137 cm³/mol. The number of carbonyl (C=O) groups is 2. The van der Waals surface area contributed by atoms with Gasteiger partial charge < -0.3 is 10.6 Å². The Bertz CT molecular complexity index is 1150. The lowest BCUT2D eigenvalue weighted by molar-refractivity contribution is -0.119. The maximum atomic E-state index is 13.5. The van der Waals surface area contributed by atoms with Crippen molar-refractivity contribution in [3.05, 3.63) is 53.6 Å².